The van der Waals surface area contributed by atoms with E-state index in [0.29, 0.717) is 5.92 Å². The van der Waals surface area contributed by atoms with E-state index in [1.54, 1.807) is 6.08 Å². The maximum atomic E-state index is 11.5. The Morgan fingerprint density at radius 1 is 1.50 bits per heavy atom. The summed E-state index contributed by atoms with van der Waals surface area (Å²) in [5.41, 5.74) is 3.94. The van der Waals surface area contributed by atoms with Crippen molar-refractivity contribution in [2.45, 2.75) is 40.0 Å². The highest BCUT2D eigenvalue weighted by atomic mass is 16.1. The third kappa shape index (κ3) is 1.68. The fraction of sp³-hybridized carbons (Fsp3) is 0.533. The molecule has 1 nitrogen and oxygen atoms in total. The topological polar surface area (TPSA) is 17.1 Å². The molecule has 86 valence electrons. The minimum Gasteiger partial charge on any atom is -0.290 e. The van der Waals surface area contributed by atoms with Crippen molar-refractivity contribution >= 4 is 5.78 Å². The molecule has 0 aromatic carbocycles. The standard InChI is InChI=1S/C15H20O/c1-10(2)12-5-6-13-8-14(16)7-11(3)15(13,4)9-12/h7-8,12H,1,5-6,9H2,2-4H3/t12-,15+/m1/s1. The van der Waals surface area contributed by atoms with Crippen LogP contribution in [0.4, 0.5) is 0 Å². The predicted octanol–water partition coefficient (Wildman–Crippen LogP) is 3.82. The molecule has 0 unspecified atom stereocenters. The Labute approximate surface area is 97.9 Å². The van der Waals surface area contributed by atoms with E-state index < -0.39 is 0 Å². The van der Waals surface area contributed by atoms with Crippen LogP contribution in [-0.2, 0) is 4.79 Å². The third-order valence-electron chi connectivity index (χ3n) is 4.37. The summed E-state index contributed by atoms with van der Waals surface area (Å²) in [6.45, 7) is 10.6. The summed E-state index contributed by atoms with van der Waals surface area (Å²) in [5.74, 6) is 0.775. The van der Waals surface area contributed by atoms with Gasteiger partial charge in [-0.2, -0.15) is 0 Å². The van der Waals surface area contributed by atoms with Gasteiger partial charge in [0.2, 0.25) is 0 Å². The van der Waals surface area contributed by atoms with E-state index >= 15 is 0 Å². The molecule has 16 heavy (non-hydrogen) atoms. The maximum absolute atomic E-state index is 11.5. The fourth-order valence-electron chi connectivity index (χ4n) is 2.98. The maximum Gasteiger partial charge on any atom is 0.178 e. The SMILES string of the molecule is C=C(C)[C@@H]1CCC2=CC(=O)C=C(C)[C@]2(C)C1. The van der Waals surface area contributed by atoms with Crippen molar-refractivity contribution in [3.05, 3.63) is 35.5 Å². The minimum absolute atomic E-state index is 0.107. The first-order valence-corrected chi connectivity index (χ1v) is 6.02. The second-order valence-electron chi connectivity index (χ2n) is 5.52. The minimum atomic E-state index is 0.107. The number of carbonyl (C=O) groups excluding carboxylic acids is 1. The largest absolute Gasteiger partial charge is 0.290 e. The van der Waals surface area contributed by atoms with Gasteiger partial charge in [0.15, 0.2) is 5.78 Å². The molecule has 0 N–H and O–H groups in total. The first-order chi connectivity index (χ1) is 7.43. The number of rotatable bonds is 1. The number of allylic oxidation sites excluding steroid dienone is 5. The van der Waals surface area contributed by atoms with Crippen LogP contribution in [0.15, 0.2) is 35.5 Å². The van der Waals surface area contributed by atoms with E-state index in [2.05, 4.69) is 27.4 Å². The molecule has 0 aromatic rings. The second kappa shape index (κ2) is 3.73. The zero-order valence-electron chi connectivity index (χ0n) is 10.5. The van der Waals surface area contributed by atoms with Gasteiger partial charge in [0.05, 0.1) is 0 Å². The molecule has 1 heteroatoms. The van der Waals surface area contributed by atoms with Gasteiger partial charge < -0.3 is 0 Å². The van der Waals surface area contributed by atoms with Crippen molar-refractivity contribution < 1.29 is 4.79 Å². The molecule has 0 bridgehead atoms. The Morgan fingerprint density at radius 2 is 2.19 bits per heavy atom. The number of ketones is 1. The molecule has 0 aliphatic heterocycles. The lowest BCUT2D eigenvalue weighted by molar-refractivity contribution is -0.110. The van der Waals surface area contributed by atoms with E-state index in [1.165, 1.54) is 16.7 Å². The Hall–Kier alpha value is -1.11. The predicted molar refractivity (Wildman–Crippen MR) is 67.1 cm³/mol. The molecule has 0 heterocycles. The van der Waals surface area contributed by atoms with Crippen LogP contribution in [-0.4, -0.2) is 5.78 Å². The molecule has 2 rings (SSSR count). The highest BCUT2D eigenvalue weighted by Gasteiger charge is 2.39. The fourth-order valence-corrected chi connectivity index (χ4v) is 2.98. The van der Waals surface area contributed by atoms with Gasteiger partial charge in [-0.05, 0) is 51.2 Å². The van der Waals surface area contributed by atoms with Crippen molar-refractivity contribution in [3.63, 3.8) is 0 Å². The van der Waals surface area contributed by atoms with Crippen LogP contribution in [0.1, 0.15) is 40.0 Å². The van der Waals surface area contributed by atoms with E-state index in [1.807, 2.05) is 6.08 Å². The van der Waals surface area contributed by atoms with Crippen LogP contribution in [0.5, 0.6) is 0 Å². The van der Waals surface area contributed by atoms with Crippen molar-refractivity contribution in [1.82, 2.24) is 0 Å². The summed E-state index contributed by atoms with van der Waals surface area (Å²) in [6, 6.07) is 0. The molecule has 0 radical (unpaired) electrons. The molecular formula is C15H20O. The summed E-state index contributed by atoms with van der Waals surface area (Å²) in [7, 11) is 0. The lowest BCUT2D eigenvalue weighted by Crippen LogP contribution is -2.32. The Kier molecular flexibility index (Phi) is 2.65. The molecule has 2 aliphatic rings. The highest BCUT2D eigenvalue weighted by Crippen LogP contribution is 2.50. The third-order valence-corrected chi connectivity index (χ3v) is 4.37. The average molecular weight is 216 g/mol. The molecule has 0 amide bonds. The lowest BCUT2D eigenvalue weighted by atomic mass is 9.61. The van der Waals surface area contributed by atoms with Gasteiger partial charge in [0.25, 0.3) is 0 Å². The average Bonchev–Trinajstić information content (AvgIpc) is 2.19. The van der Waals surface area contributed by atoms with Crippen molar-refractivity contribution in [2.24, 2.45) is 11.3 Å². The molecule has 1 fully saturated rings. The summed E-state index contributed by atoms with van der Waals surface area (Å²) < 4.78 is 0. The smallest absolute Gasteiger partial charge is 0.178 e. The molecule has 0 spiro atoms. The molecule has 0 aromatic heterocycles. The highest BCUT2D eigenvalue weighted by molar-refractivity contribution is 6.01. The normalized spacial score (nSPS) is 33.9. The van der Waals surface area contributed by atoms with Crippen molar-refractivity contribution in [3.8, 4) is 0 Å². The van der Waals surface area contributed by atoms with Crippen LogP contribution in [0.3, 0.4) is 0 Å². The summed E-state index contributed by atoms with van der Waals surface area (Å²) in [4.78, 5) is 11.5. The molecule has 2 aliphatic carbocycles. The summed E-state index contributed by atoms with van der Waals surface area (Å²) in [6.07, 6.45) is 6.96. The number of fused-ring (bicyclic) bond motifs is 1. The van der Waals surface area contributed by atoms with Gasteiger partial charge >= 0.3 is 0 Å². The van der Waals surface area contributed by atoms with E-state index in [-0.39, 0.29) is 11.2 Å². The summed E-state index contributed by atoms with van der Waals surface area (Å²) >= 11 is 0. The molecule has 0 saturated heterocycles. The van der Waals surface area contributed by atoms with Crippen LogP contribution < -0.4 is 0 Å². The van der Waals surface area contributed by atoms with Gasteiger partial charge in [-0.25, -0.2) is 0 Å². The zero-order chi connectivity index (χ0) is 11.9. The first kappa shape index (κ1) is 11.4. The molecular weight excluding hydrogens is 196 g/mol. The zero-order valence-corrected chi connectivity index (χ0v) is 10.5. The van der Waals surface area contributed by atoms with Crippen LogP contribution in [0.25, 0.3) is 0 Å². The van der Waals surface area contributed by atoms with Crippen LogP contribution >= 0.6 is 0 Å². The second-order valence-corrected chi connectivity index (χ2v) is 5.52. The van der Waals surface area contributed by atoms with Gasteiger partial charge in [-0.3, -0.25) is 4.79 Å². The van der Waals surface area contributed by atoms with E-state index in [0.717, 1.165) is 19.3 Å². The van der Waals surface area contributed by atoms with E-state index in [9.17, 15) is 4.79 Å². The lowest BCUT2D eigenvalue weighted by Gasteiger charge is -2.43. The quantitative estimate of drug-likeness (QED) is 0.609. The monoisotopic (exact) mass is 216 g/mol. The van der Waals surface area contributed by atoms with Crippen molar-refractivity contribution in [2.75, 3.05) is 0 Å². The van der Waals surface area contributed by atoms with Gasteiger partial charge in [0.1, 0.15) is 0 Å². The van der Waals surface area contributed by atoms with Crippen LogP contribution in [0, 0.1) is 11.3 Å². The first-order valence-electron chi connectivity index (χ1n) is 6.02. The van der Waals surface area contributed by atoms with Crippen LogP contribution in [0.2, 0.25) is 0 Å². The Bertz CT molecular complexity index is 411. The Balaban J connectivity index is 2.34. The summed E-state index contributed by atoms with van der Waals surface area (Å²) in [5, 5.41) is 0. The number of hydrogen-bond acceptors (Lipinski definition) is 1. The molecule has 2 atom stereocenters. The van der Waals surface area contributed by atoms with Gasteiger partial charge in [-0.1, -0.05) is 30.2 Å². The molecule has 1 saturated carbocycles. The number of hydrogen-bond donors (Lipinski definition) is 0. The van der Waals surface area contributed by atoms with Crippen molar-refractivity contribution in [1.29, 1.82) is 0 Å². The van der Waals surface area contributed by atoms with Gasteiger partial charge in [0, 0.05) is 5.41 Å². The van der Waals surface area contributed by atoms with Gasteiger partial charge in [-0.15, -0.1) is 0 Å². The Morgan fingerprint density at radius 3 is 2.81 bits per heavy atom. The number of carbonyl (C=O) groups is 1. The van der Waals surface area contributed by atoms with E-state index in [4.69, 9.17) is 0 Å².